The van der Waals surface area contributed by atoms with Crippen molar-refractivity contribution in [2.24, 2.45) is 5.92 Å². The summed E-state index contributed by atoms with van der Waals surface area (Å²) in [4.78, 5) is 2.37. The molecule has 0 aromatic heterocycles. The molecule has 0 bridgehead atoms. The summed E-state index contributed by atoms with van der Waals surface area (Å²) in [6.07, 6.45) is 5.33. The topological polar surface area (TPSA) is 21.7 Å². The molecule has 1 saturated heterocycles. The third kappa shape index (κ3) is 2.03. The predicted octanol–water partition coefficient (Wildman–Crippen LogP) is 1.21. The Bertz CT molecular complexity index is 187. The van der Waals surface area contributed by atoms with Gasteiger partial charge in [-0.1, -0.05) is 6.92 Å². The lowest BCUT2D eigenvalue weighted by molar-refractivity contribution is -0.0933. The minimum atomic E-state index is 0.272. The molecule has 2 aliphatic rings. The zero-order chi connectivity index (χ0) is 9.10. The van der Waals surface area contributed by atoms with Crippen LogP contribution in [0, 0.1) is 5.92 Å². The van der Waals surface area contributed by atoms with E-state index in [1.807, 2.05) is 6.26 Å². The summed E-state index contributed by atoms with van der Waals surface area (Å²) in [5, 5.41) is 0. The van der Waals surface area contributed by atoms with Crippen molar-refractivity contribution in [3.63, 3.8) is 0 Å². The predicted molar refractivity (Wildman–Crippen MR) is 50.2 cm³/mol. The normalized spacial score (nSPS) is 35.8. The molecule has 1 fully saturated rings. The average Bonchev–Trinajstić information content (AvgIpc) is 2.20. The minimum Gasteiger partial charge on any atom is -0.483 e. The molecular weight excluding hydrogens is 166 g/mol. The highest BCUT2D eigenvalue weighted by Gasteiger charge is 2.27. The molecule has 3 nitrogen and oxygen atoms in total. The lowest BCUT2D eigenvalue weighted by Crippen LogP contribution is -2.47. The minimum absolute atomic E-state index is 0.272. The van der Waals surface area contributed by atoms with Crippen LogP contribution in [-0.4, -0.2) is 37.4 Å². The maximum absolute atomic E-state index is 5.62. The number of rotatable bonds is 1. The van der Waals surface area contributed by atoms with Crippen LogP contribution in [0.3, 0.4) is 0 Å². The standard InChI is InChI=1S/C10H17NO2/c1-9-3-2-6-13-10(9)11-4-7-12-8-5-11/h2,6,9-10H,3-5,7-8H2,1H3. The molecule has 0 radical (unpaired) electrons. The molecule has 2 aliphatic heterocycles. The summed E-state index contributed by atoms with van der Waals surface area (Å²) in [6.45, 7) is 5.93. The van der Waals surface area contributed by atoms with Gasteiger partial charge < -0.3 is 9.47 Å². The van der Waals surface area contributed by atoms with E-state index in [2.05, 4.69) is 17.9 Å². The van der Waals surface area contributed by atoms with Crippen LogP contribution in [0.2, 0.25) is 0 Å². The van der Waals surface area contributed by atoms with Crippen LogP contribution in [-0.2, 0) is 9.47 Å². The highest BCUT2D eigenvalue weighted by atomic mass is 16.5. The number of hydrogen-bond acceptors (Lipinski definition) is 3. The van der Waals surface area contributed by atoms with E-state index in [4.69, 9.17) is 9.47 Å². The summed E-state index contributed by atoms with van der Waals surface area (Å²) >= 11 is 0. The van der Waals surface area contributed by atoms with E-state index in [-0.39, 0.29) is 6.23 Å². The first-order valence-electron chi connectivity index (χ1n) is 5.00. The van der Waals surface area contributed by atoms with Crippen LogP contribution in [0.4, 0.5) is 0 Å². The molecule has 3 heteroatoms. The highest BCUT2D eigenvalue weighted by molar-refractivity contribution is 4.87. The van der Waals surface area contributed by atoms with E-state index < -0.39 is 0 Å². The van der Waals surface area contributed by atoms with Crippen molar-refractivity contribution in [1.82, 2.24) is 4.90 Å². The summed E-state index contributed by atoms with van der Waals surface area (Å²) in [6, 6.07) is 0. The Morgan fingerprint density at radius 1 is 1.31 bits per heavy atom. The second kappa shape index (κ2) is 4.11. The summed E-state index contributed by atoms with van der Waals surface area (Å²) in [5.41, 5.74) is 0. The molecule has 0 aromatic rings. The fourth-order valence-corrected chi connectivity index (χ4v) is 1.93. The monoisotopic (exact) mass is 183 g/mol. The SMILES string of the molecule is CC1CC=COC1N1CCOCC1. The van der Waals surface area contributed by atoms with Crippen molar-refractivity contribution in [2.45, 2.75) is 19.6 Å². The van der Waals surface area contributed by atoms with Crippen LogP contribution in [0.25, 0.3) is 0 Å². The first kappa shape index (κ1) is 9.03. The molecule has 0 aliphatic carbocycles. The summed E-state index contributed by atoms with van der Waals surface area (Å²) in [7, 11) is 0. The third-order valence-electron chi connectivity index (χ3n) is 2.71. The van der Waals surface area contributed by atoms with E-state index >= 15 is 0 Å². The van der Waals surface area contributed by atoms with Gasteiger partial charge in [-0.15, -0.1) is 0 Å². The molecule has 0 saturated carbocycles. The molecule has 0 spiro atoms. The lowest BCUT2D eigenvalue weighted by Gasteiger charge is -2.38. The Balaban J connectivity index is 1.93. The largest absolute Gasteiger partial charge is 0.483 e. The molecule has 0 amide bonds. The summed E-state index contributed by atoms with van der Waals surface area (Å²) < 4.78 is 10.9. The van der Waals surface area contributed by atoms with Crippen molar-refractivity contribution in [1.29, 1.82) is 0 Å². The van der Waals surface area contributed by atoms with Crippen LogP contribution < -0.4 is 0 Å². The van der Waals surface area contributed by atoms with Crippen LogP contribution >= 0.6 is 0 Å². The van der Waals surface area contributed by atoms with Gasteiger partial charge >= 0.3 is 0 Å². The zero-order valence-electron chi connectivity index (χ0n) is 8.11. The highest BCUT2D eigenvalue weighted by Crippen LogP contribution is 2.21. The molecule has 0 aromatic carbocycles. The van der Waals surface area contributed by atoms with E-state index in [9.17, 15) is 0 Å². The molecule has 2 heterocycles. The molecule has 74 valence electrons. The Kier molecular flexibility index (Phi) is 2.86. The van der Waals surface area contributed by atoms with Gasteiger partial charge in [0, 0.05) is 19.0 Å². The molecule has 2 atom stereocenters. The maximum atomic E-state index is 5.62. The molecule has 2 unspecified atom stereocenters. The Morgan fingerprint density at radius 2 is 2.08 bits per heavy atom. The fraction of sp³-hybridized carbons (Fsp3) is 0.800. The van der Waals surface area contributed by atoms with Gasteiger partial charge in [0.25, 0.3) is 0 Å². The van der Waals surface area contributed by atoms with E-state index in [0.29, 0.717) is 5.92 Å². The number of morpholine rings is 1. The van der Waals surface area contributed by atoms with Gasteiger partial charge in [0.05, 0.1) is 19.5 Å². The molecular formula is C10H17NO2. The van der Waals surface area contributed by atoms with Crippen LogP contribution in [0.15, 0.2) is 12.3 Å². The second-order valence-corrected chi connectivity index (χ2v) is 3.76. The quantitative estimate of drug-likeness (QED) is 0.610. The Labute approximate surface area is 79.3 Å². The van der Waals surface area contributed by atoms with Crippen molar-refractivity contribution >= 4 is 0 Å². The Hall–Kier alpha value is -0.540. The molecule has 0 N–H and O–H groups in total. The third-order valence-corrected chi connectivity index (χ3v) is 2.71. The molecule has 13 heavy (non-hydrogen) atoms. The van der Waals surface area contributed by atoms with E-state index in [1.165, 1.54) is 0 Å². The van der Waals surface area contributed by atoms with Gasteiger partial charge in [-0.3, -0.25) is 4.90 Å². The van der Waals surface area contributed by atoms with Gasteiger partial charge in [-0.05, 0) is 12.5 Å². The van der Waals surface area contributed by atoms with Gasteiger partial charge in [0.2, 0.25) is 0 Å². The number of allylic oxidation sites excluding steroid dienone is 1. The van der Waals surface area contributed by atoms with Crippen molar-refractivity contribution in [2.75, 3.05) is 26.3 Å². The van der Waals surface area contributed by atoms with E-state index in [0.717, 1.165) is 32.7 Å². The lowest BCUT2D eigenvalue weighted by atomic mass is 10.0. The Morgan fingerprint density at radius 3 is 2.77 bits per heavy atom. The van der Waals surface area contributed by atoms with Crippen molar-refractivity contribution < 1.29 is 9.47 Å². The number of ether oxygens (including phenoxy) is 2. The van der Waals surface area contributed by atoms with E-state index in [1.54, 1.807) is 0 Å². The first-order chi connectivity index (χ1) is 6.38. The van der Waals surface area contributed by atoms with Crippen LogP contribution in [0.5, 0.6) is 0 Å². The van der Waals surface area contributed by atoms with Crippen LogP contribution in [0.1, 0.15) is 13.3 Å². The zero-order valence-corrected chi connectivity index (χ0v) is 8.11. The summed E-state index contributed by atoms with van der Waals surface area (Å²) in [5.74, 6) is 0.600. The second-order valence-electron chi connectivity index (χ2n) is 3.76. The average molecular weight is 183 g/mol. The van der Waals surface area contributed by atoms with Gasteiger partial charge in [-0.2, -0.15) is 0 Å². The fourth-order valence-electron chi connectivity index (χ4n) is 1.93. The molecule has 2 rings (SSSR count). The smallest absolute Gasteiger partial charge is 0.154 e. The van der Waals surface area contributed by atoms with Crippen molar-refractivity contribution in [3.05, 3.63) is 12.3 Å². The van der Waals surface area contributed by atoms with Crippen molar-refractivity contribution in [3.8, 4) is 0 Å². The number of hydrogen-bond donors (Lipinski definition) is 0. The van der Waals surface area contributed by atoms with Gasteiger partial charge in [0.15, 0.2) is 6.23 Å². The number of nitrogens with zero attached hydrogens (tertiary/aromatic N) is 1. The van der Waals surface area contributed by atoms with Gasteiger partial charge in [0.1, 0.15) is 0 Å². The van der Waals surface area contributed by atoms with Gasteiger partial charge in [-0.25, -0.2) is 0 Å². The first-order valence-corrected chi connectivity index (χ1v) is 5.00. The maximum Gasteiger partial charge on any atom is 0.154 e.